The number of benzene rings is 2. The molecule has 25 heavy (non-hydrogen) atoms. The molecule has 0 atom stereocenters. The van der Waals surface area contributed by atoms with Crippen LogP contribution in [-0.4, -0.2) is 23.9 Å². The third-order valence-corrected chi connectivity index (χ3v) is 4.43. The van der Waals surface area contributed by atoms with Gasteiger partial charge in [0.1, 0.15) is 0 Å². The SMILES string of the molecule is C=c1[nH]n(-c2cc(Cl)ccc2Cl)c(=O)/c1=C/c1ccc(N(C)C)cc1. The Bertz CT molecular complexity index is 1080. The fraction of sp³-hybridized carbons (Fsp3) is 0.105. The molecule has 0 bridgehead atoms. The molecule has 0 fully saturated rings. The average molecular weight is 374 g/mol. The van der Waals surface area contributed by atoms with E-state index in [1.165, 1.54) is 4.68 Å². The number of aromatic nitrogens is 2. The Hall–Kier alpha value is -2.43. The molecule has 0 spiro atoms. The molecule has 1 N–H and O–H groups in total. The largest absolute Gasteiger partial charge is 0.378 e. The highest BCUT2D eigenvalue weighted by Gasteiger charge is 2.09. The van der Waals surface area contributed by atoms with E-state index in [9.17, 15) is 4.79 Å². The summed E-state index contributed by atoms with van der Waals surface area (Å²) in [4.78, 5) is 14.8. The van der Waals surface area contributed by atoms with Crippen LogP contribution in [0.3, 0.4) is 0 Å². The summed E-state index contributed by atoms with van der Waals surface area (Å²) >= 11 is 12.2. The number of rotatable bonds is 3. The fourth-order valence-electron chi connectivity index (χ4n) is 2.51. The van der Waals surface area contributed by atoms with E-state index in [-0.39, 0.29) is 5.56 Å². The van der Waals surface area contributed by atoms with Crippen molar-refractivity contribution in [3.63, 3.8) is 0 Å². The summed E-state index contributed by atoms with van der Waals surface area (Å²) in [6.45, 7) is 3.93. The highest BCUT2D eigenvalue weighted by molar-refractivity contribution is 6.34. The molecule has 0 saturated carbocycles. The molecule has 0 radical (unpaired) electrons. The first-order chi connectivity index (χ1) is 11.9. The van der Waals surface area contributed by atoms with Gasteiger partial charge >= 0.3 is 0 Å². The van der Waals surface area contributed by atoms with Gasteiger partial charge in [0.05, 0.1) is 21.3 Å². The second-order valence-electron chi connectivity index (χ2n) is 5.87. The summed E-state index contributed by atoms with van der Waals surface area (Å²) < 4.78 is 1.36. The van der Waals surface area contributed by atoms with Crippen LogP contribution in [0.2, 0.25) is 10.0 Å². The Balaban J connectivity index is 2.13. The van der Waals surface area contributed by atoms with Crippen molar-refractivity contribution in [3.05, 3.63) is 79.0 Å². The maximum absolute atomic E-state index is 12.8. The van der Waals surface area contributed by atoms with E-state index in [0.717, 1.165) is 11.3 Å². The second kappa shape index (κ2) is 6.82. The quantitative estimate of drug-likeness (QED) is 0.766. The highest BCUT2D eigenvalue weighted by Crippen LogP contribution is 2.22. The van der Waals surface area contributed by atoms with Crippen LogP contribution < -0.4 is 21.0 Å². The lowest BCUT2D eigenvalue weighted by Gasteiger charge is -2.11. The zero-order chi connectivity index (χ0) is 18.1. The van der Waals surface area contributed by atoms with E-state index in [1.54, 1.807) is 24.3 Å². The average Bonchev–Trinajstić information content (AvgIpc) is 2.85. The molecule has 6 heteroatoms. The lowest BCUT2D eigenvalue weighted by Crippen LogP contribution is -2.34. The Labute approximate surface area is 155 Å². The number of hydrogen-bond donors (Lipinski definition) is 1. The molecule has 0 unspecified atom stereocenters. The summed E-state index contributed by atoms with van der Waals surface area (Å²) in [6, 6.07) is 12.9. The van der Waals surface area contributed by atoms with E-state index in [2.05, 4.69) is 11.7 Å². The van der Waals surface area contributed by atoms with E-state index in [0.29, 0.717) is 26.3 Å². The van der Waals surface area contributed by atoms with Crippen LogP contribution in [-0.2, 0) is 0 Å². The number of nitrogens with zero attached hydrogens (tertiary/aromatic N) is 2. The van der Waals surface area contributed by atoms with Crippen LogP contribution in [0.4, 0.5) is 5.69 Å². The van der Waals surface area contributed by atoms with Crippen LogP contribution >= 0.6 is 23.2 Å². The number of halogens is 2. The molecule has 2 aromatic carbocycles. The van der Waals surface area contributed by atoms with Crippen molar-refractivity contribution in [1.29, 1.82) is 0 Å². The molecule has 0 saturated heterocycles. The first-order valence-electron chi connectivity index (χ1n) is 7.61. The van der Waals surface area contributed by atoms with Crippen molar-refractivity contribution in [2.45, 2.75) is 0 Å². The van der Waals surface area contributed by atoms with Gasteiger partial charge in [-0.25, -0.2) is 4.68 Å². The topological polar surface area (TPSA) is 41.0 Å². The first-order valence-corrected chi connectivity index (χ1v) is 8.37. The molecular weight excluding hydrogens is 357 g/mol. The van der Waals surface area contributed by atoms with E-state index in [4.69, 9.17) is 23.2 Å². The zero-order valence-corrected chi connectivity index (χ0v) is 15.4. The molecule has 128 valence electrons. The summed E-state index contributed by atoms with van der Waals surface area (Å²) in [5.74, 6) is 0. The van der Waals surface area contributed by atoms with Gasteiger partial charge in [-0.1, -0.05) is 41.9 Å². The summed E-state index contributed by atoms with van der Waals surface area (Å²) in [5.41, 5.74) is 2.26. The predicted octanol–water partition coefficient (Wildman–Crippen LogP) is 2.78. The lowest BCUT2D eigenvalue weighted by molar-refractivity contribution is 0.839. The zero-order valence-electron chi connectivity index (χ0n) is 13.9. The van der Waals surface area contributed by atoms with Crippen LogP contribution in [0.1, 0.15) is 5.56 Å². The fourth-order valence-corrected chi connectivity index (χ4v) is 2.87. The smallest absolute Gasteiger partial charge is 0.279 e. The third-order valence-electron chi connectivity index (χ3n) is 3.87. The number of aromatic amines is 1. The number of H-pyrrole nitrogens is 1. The Morgan fingerprint density at radius 1 is 1.12 bits per heavy atom. The van der Waals surface area contributed by atoms with Crippen LogP contribution in [0.25, 0.3) is 18.3 Å². The van der Waals surface area contributed by atoms with E-state index < -0.39 is 0 Å². The molecular formula is C19H17Cl2N3O. The number of nitrogens with one attached hydrogen (secondary N) is 1. The Morgan fingerprint density at radius 2 is 1.80 bits per heavy atom. The minimum atomic E-state index is -0.231. The van der Waals surface area contributed by atoms with Gasteiger partial charge in [-0.2, -0.15) is 0 Å². The Kier molecular flexibility index (Phi) is 4.75. The van der Waals surface area contributed by atoms with Crippen molar-refractivity contribution < 1.29 is 0 Å². The molecule has 0 aliphatic rings. The van der Waals surface area contributed by atoms with Crippen molar-refractivity contribution in [1.82, 2.24) is 9.78 Å². The maximum atomic E-state index is 12.8. The molecule has 0 aliphatic heterocycles. The minimum absolute atomic E-state index is 0.231. The molecule has 0 amide bonds. The summed E-state index contributed by atoms with van der Waals surface area (Å²) in [5, 5.41) is 4.87. The third kappa shape index (κ3) is 3.50. The molecule has 4 nitrogen and oxygen atoms in total. The summed E-state index contributed by atoms with van der Waals surface area (Å²) in [7, 11) is 3.96. The first kappa shape index (κ1) is 17.4. The number of hydrogen-bond acceptors (Lipinski definition) is 2. The van der Waals surface area contributed by atoms with Gasteiger partial charge in [-0.15, -0.1) is 0 Å². The highest BCUT2D eigenvalue weighted by atomic mass is 35.5. The maximum Gasteiger partial charge on any atom is 0.279 e. The lowest BCUT2D eigenvalue weighted by atomic mass is 10.1. The molecule has 3 aromatic rings. The Morgan fingerprint density at radius 3 is 2.44 bits per heavy atom. The van der Waals surface area contributed by atoms with E-state index >= 15 is 0 Å². The monoisotopic (exact) mass is 373 g/mol. The van der Waals surface area contributed by atoms with Gasteiger partial charge in [0.2, 0.25) is 0 Å². The molecule has 1 heterocycles. The van der Waals surface area contributed by atoms with Gasteiger partial charge in [0.15, 0.2) is 0 Å². The van der Waals surface area contributed by atoms with E-state index in [1.807, 2.05) is 43.3 Å². The van der Waals surface area contributed by atoms with Crippen molar-refractivity contribution in [2.75, 3.05) is 19.0 Å². The van der Waals surface area contributed by atoms with Crippen molar-refractivity contribution in [3.8, 4) is 5.69 Å². The van der Waals surface area contributed by atoms with Gasteiger partial charge < -0.3 is 4.90 Å². The second-order valence-corrected chi connectivity index (χ2v) is 6.71. The molecule has 0 aliphatic carbocycles. The molecule has 1 aromatic heterocycles. The normalized spacial score (nSPS) is 11.8. The van der Waals surface area contributed by atoms with Gasteiger partial charge in [-0.05, 0) is 42.0 Å². The van der Waals surface area contributed by atoms with Crippen LogP contribution in [0.15, 0.2) is 47.3 Å². The van der Waals surface area contributed by atoms with Gasteiger partial charge in [0, 0.05) is 24.8 Å². The number of anilines is 1. The van der Waals surface area contributed by atoms with Crippen LogP contribution in [0.5, 0.6) is 0 Å². The predicted molar refractivity (Wildman–Crippen MR) is 106 cm³/mol. The van der Waals surface area contributed by atoms with Crippen LogP contribution in [0, 0.1) is 0 Å². The summed E-state index contributed by atoms with van der Waals surface area (Å²) in [6.07, 6.45) is 1.80. The van der Waals surface area contributed by atoms with Gasteiger partial charge in [-0.3, -0.25) is 9.89 Å². The molecule has 3 rings (SSSR count). The van der Waals surface area contributed by atoms with Crippen molar-refractivity contribution in [2.24, 2.45) is 0 Å². The minimum Gasteiger partial charge on any atom is -0.378 e. The van der Waals surface area contributed by atoms with Crippen molar-refractivity contribution >= 4 is 41.5 Å². The van der Waals surface area contributed by atoms with Gasteiger partial charge in [0.25, 0.3) is 5.56 Å². The standard InChI is InChI=1S/C19H17Cl2N3O/c1-12-16(10-13-4-7-15(8-5-13)23(2)3)19(25)24(22-12)18-11-14(20)6-9-17(18)21/h4-11,22H,1H2,2-3H3/b16-10+.